The topological polar surface area (TPSA) is 59.3 Å². The first-order valence-electron chi connectivity index (χ1n) is 7.61. The van der Waals surface area contributed by atoms with E-state index in [4.69, 9.17) is 0 Å². The number of aliphatic hydroxyl groups is 1. The molecule has 1 aromatic heterocycles. The molecule has 23 heavy (non-hydrogen) atoms. The van der Waals surface area contributed by atoms with Crippen LogP contribution in [0.3, 0.4) is 0 Å². The summed E-state index contributed by atoms with van der Waals surface area (Å²) in [7, 11) is -3.62. The molecule has 0 fully saturated rings. The molecule has 118 valence electrons. The molecule has 0 radical (unpaired) electrons. The molecule has 1 aliphatic rings. The summed E-state index contributed by atoms with van der Waals surface area (Å²) in [4.78, 5) is 0.279. The van der Waals surface area contributed by atoms with E-state index in [0.717, 1.165) is 28.5 Å². The van der Waals surface area contributed by atoms with Crippen molar-refractivity contribution in [3.05, 3.63) is 65.4 Å². The van der Waals surface area contributed by atoms with E-state index in [9.17, 15) is 13.5 Å². The van der Waals surface area contributed by atoms with Crippen LogP contribution < -0.4 is 0 Å². The second-order valence-electron chi connectivity index (χ2n) is 6.05. The van der Waals surface area contributed by atoms with Gasteiger partial charge in [-0.05, 0) is 55.2 Å². The molecule has 0 saturated carbocycles. The highest BCUT2D eigenvalue weighted by atomic mass is 32.2. The Balaban J connectivity index is 1.92. The Bertz CT molecular complexity index is 1000. The van der Waals surface area contributed by atoms with E-state index in [1.54, 1.807) is 36.5 Å². The maximum Gasteiger partial charge on any atom is 0.268 e. The standard InChI is InChI=1S/C18H17NO3S/c1-12-2-4-13(5-3-12)23(21,22)19-11-10-15-14-7-9-18(20)16(14)6-8-17(15)19/h2-6,8,10-11,18,20H,7,9H2,1H3. The van der Waals surface area contributed by atoms with E-state index in [1.807, 2.05) is 19.1 Å². The lowest BCUT2D eigenvalue weighted by Crippen LogP contribution is -2.11. The van der Waals surface area contributed by atoms with Crippen molar-refractivity contribution in [3.63, 3.8) is 0 Å². The lowest BCUT2D eigenvalue weighted by Gasteiger charge is -2.09. The van der Waals surface area contributed by atoms with Crippen molar-refractivity contribution in [1.82, 2.24) is 3.97 Å². The second-order valence-corrected chi connectivity index (χ2v) is 7.87. The molecule has 0 bridgehead atoms. The number of aryl methyl sites for hydroxylation is 2. The Morgan fingerprint density at radius 1 is 1.09 bits per heavy atom. The molecule has 0 amide bonds. The minimum absolute atomic E-state index is 0.279. The van der Waals surface area contributed by atoms with Gasteiger partial charge in [0.1, 0.15) is 0 Å². The molecular formula is C18H17NO3S. The zero-order valence-electron chi connectivity index (χ0n) is 12.7. The average molecular weight is 327 g/mol. The van der Waals surface area contributed by atoms with E-state index < -0.39 is 16.1 Å². The summed E-state index contributed by atoms with van der Waals surface area (Å²) in [5.41, 5.74) is 3.67. The Kier molecular flexibility index (Phi) is 3.11. The third-order valence-corrected chi connectivity index (χ3v) is 6.29. The number of benzene rings is 2. The first kappa shape index (κ1) is 14.5. The summed E-state index contributed by atoms with van der Waals surface area (Å²) < 4.78 is 27.1. The molecule has 3 aromatic rings. The second kappa shape index (κ2) is 4.94. The van der Waals surface area contributed by atoms with Crippen molar-refractivity contribution in [3.8, 4) is 0 Å². The minimum Gasteiger partial charge on any atom is -0.388 e. The van der Waals surface area contributed by atoms with Gasteiger partial charge in [-0.15, -0.1) is 0 Å². The van der Waals surface area contributed by atoms with Crippen LogP contribution in [0, 0.1) is 6.92 Å². The molecule has 0 aliphatic heterocycles. The molecule has 1 N–H and O–H groups in total. The van der Waals surface area contributed by atoms with Gasteiger partial charge >= 0.3 is 0 Å². The summed E-state index contributed by atoms with van der Waals surface area (Å²) in [5, 5.41) is 10.9. The van der Waals surface area contributed by atoms with Gasteiger partial charge < -0.3 is 5.11 Å². The SMILES string of the molecule is Cc1ccc(S(=O)(=O)n2ccc3c4c(ccc32)C(O)CC4)cc1. The van der Waals surface area contributed by atoms with Gasteiger partial charge in [-0.1, -0.05) is 23.8 Å². The van der Waals surface area contributed by atoms with Crippen molar-refractivity contribution in [1.29, 1.82) is 0 Å². The van der Waals surface area contributed by atoms with E-state index in [1.165, 1.54) is 3.97 Å². The molecule has 4 rings (SSSR count). The van der Waals surface area contributed by atoms with Gasteiger partial charge in [0.2, 0.25) is 0 Å². The summed E-state index contributed by atoms with van der Waals surface area (Å²) in [6, 6.07) is 12.3. The van der Waals surface area contributed by atoms with E-state index in [0.29, 0.717) is 11.9 Å². The fourth-order valence-electron chi connectivity index (χ4n) is 3.33. The molecule has 1 atom stereocenters. The molecule has 2 aromatic carbocycles. The van der Waals surface area contributed by atoms with Crippen molar-refractivity contribution in [2.24, 2.45) is 0 Å². The first-order valence-corrected chi connectivity index (χ1v) is 9.05. The molecule has 0 spiro atoms. The third-order valence-electron chi connectivity index (χ3n) is 4.59. The van der Waals surface area contributed by atoms with Crippen LogP contribution in [0.5, 0.6) is 0 Å². The zero-order chi connectivity index (χ0) is 16.2. The summed E-state index contributed by atoms with van der Waals surface area (Å²) in [5.74, 6) is 0. The Labute approximate surface area is 135 Å². The van der Waals surface area contributed by atoms with Crippen LogP contribution in [0.15, 0.2) is 53.6 Å². The van der Waals surface area contributed by atoms with Crippen LogP contribution in [-0.4, -0.2) is 17.5 Å². The van der Waals surface area contributed by atoms with Crippen LogP contribution in [0.2, 0.25) is 0 Å². The third kappa shape index (κ3) is 2.11. The van der Waals surface area contributed by atoms with Gasteiger partial charge in [-0.2, -0.15) is 0 Å². The highest BCUT2D eigenvalue weighted by Crippen LogP contribution is 2.37. The molecule has 1 heterocycles. The highest BCUT2D eigenvalue weighted by Gasteiger charge is 2.25. The summed E-state index contributed by atoms with van der Waals surface area (Å²) in [6.45, 7) is 1.93. The van der Waals surface area contributed by atoms with Crippen LogP contribution in [0.25, 0.3) is 10.9 Å². The van der Waals surface area contributed by atoms with Crippen molar-refractivity contribution >= 4 is 20.9 Å². The molecule has 0 saturated heterocycles. The number of aromatic nitrogens is 1. The number of aliphatic hydroxyl groups excluding tert-OH is 1. The van der Waals surface area contributed by atoms with Gasteiger partial charge in [0.15, 0.2) is 0 Å². The number of hydrogen-bond acceptors (Lipinski definition) is 3. The number of hydrogen-bond donors (Lipinski definition) is 1. The smallest absolute Gasteiger partial charge is 0.268 e. The van der Waals surface area contributed by atoms with Crippen molar-refractivity contribution < 1.29 is 13.5 Å². The van der Waals surface area contributed by atoms with Crippen LogP contribution >= 0.6 is 0 Å². The van der Waals surface area contributed by atoms with Crippen molar-refractivity contribution in [2.45, 2.75) is 30.8 Å². The normalized spacial score (nSPS) is 17.6. The molecule has 5 heteroatoms. The lowest BCUT2D eigenvalue weighted by atomic mass is 10.1. The van der Waals surface area contributed by atoms with Crippen LogP contribution in [-0.2, 0) is 16.4 Å². The lowest BCUT2D eigenvalue weighted by molar-refractivity contribution is 0.180. The first-order chi connectivity index (χ1) is 11.0. The maximum absolute atomic E-state index is 12.9. The van der Waals surface area contributed by atoms with Gasteiger partial charge in [-0.25, -0.2) is 12.4 Å². The fraction of sp³-hybridized carbons (Fsp3) is 0.222. The average Bonchev–Trinajstić information content (AvgIpc) is 3.12. The molecule has 1 aliphatic carbocycles. The van der Waals surface area contributed by atoms with Crippen LogP contribution in [0.1, 0.15) is 29.2 Å². The zero-order valence-corrected chi connectivity index (χ0v) is 13.5. The Morgan fingerprint density at radius 3 is 2.57 bits per heavy atom. The largest absolute Gasteiger partial charge is 0.388 e. The summed E-state index contributed by atoms with van der Waals surface area (Å²) >= 11 is 0. The summed E-state index contributed by atoms with van der Waals surface area (Å²) in [6.07, 6.45) is 2.64. The molecular weight excluding hydrogens is 310 g/mol. The molecule has 1 unspecified atom stereocenters. The van der Waals surface area contributed by atoms with Gasteiger partial charge in [0.25, 0.3) is 10.0 Å². The maximum atomic E-state index is 12.9. The number of rotatable bonds is 2. The Hall–Kier alpha value is -2.11. The van der Waals surface area contributed by atoms with Gasteiger partial charge in [0.05, 0.1) is 16.5 Å². The van der Waals surface area contributed by atoms with Gasteiger partial charge in [0, 0.05) is 11.6 Å². The van der Waals surface area contributed by atoms with Gasteiger partial charge in [-0.3, -0.25) is 0 Å². The van der Waals surface area contributed by atoms with Crippen LogP contribution in [0.4, 0.5) is 0 Å². The minimum atomic E-state index is -3.62. The van der Waals surface area contributed by atoms with E-state index in [2.05, 4.69) is 0 Å². The van der Waals surface area contributed by atoms with Crippen molar-refractivity contribution in [2.75, 3.05) is 0 Å². The predicted octanol–water partition coefficient (Wildman–Crippen LogP) is 3.17. The highest BCUT2D eigenvalue weighted by molar-refractivity contribution is 7.90. The monoisotopic (exact) mass is 327 g/mol. The number of fused-ring (bicyclic) bond motifs is 3. The predicted molar refractivity (Wildman–Crippen MR) is 89.0 cm³/mol. The molecule has 4 nitrogen and oxygen atoms in total. The quantitative estimate of drug-likeness (QED) is 0.786. The number of nitrogens with zero attached hydrogens (tertiary/aromatic N) is 1. The fourth-order valence-corrected chi connectivity index (χ4v) is 4.68. The van der Waals surface area contributed by atoms with E-state index in [-0.39, 0.29) is 4.90 Å². The Morgan fingerprint density at radius 2 is 1.83 bits per heavy atom. The van der Waals surface area contributed by atoms with E-state index >= 15 is 0 Å².